The van der Waals surface area contributed by atoms with Crippen molar-refractivity contribution in [3.8, 4) is 0 Å². The molecule has 40 heavy (non-hydrogen) atoms. The molecule has 1 nitrogen and oxygen atoms in total. The number of rotatable bonds is 17. The van der Waals surface area contributed by atoms with Gasteiger partial charge in [0.2, 0.25) is 0 Å². The molecule has 3 rings (SSSR count). The van der Waals surface area contributed by atoms with E-state index in [9.17, 15) is 0 Å². The van der Waals surface area contributed by atoms with Gasteiger partial charge in [0.1, 0.15) is 18.0 Å². The average molecular weight is 597 g/mol. The Morgan fingerprint density at radius 2 is 0.925 bits per heavy atom. The van der Waals surface area contributed by atoms with Crippen LogP contribution in [0.2, 0.25) is 36.3 Å². The Morgan fingerprint density at radius 1 is 0.575 bits per heavy atom. The molecule has 2 aromatic rings. The normalized spacial score (nSPS) is 15.5. The zero-order valence-electron chi connectivity index (χ0n) is 27.2. The maximum atomic E-state index is 8.03. The van der Waals surface area contributed by atoms with Gasteiger partial charge in [-0.25, -0.2) is 0 Å². The molecule has 2 aromatic carbocycles. The van der Waals surface area contributed by atoms with Crippen LogP contribution >= 0.6 is 7.41 Å². The molecule has 0 heterocycles. The van der Waals surface area contributed by atoms with E-state index in [1.165, 1.54) is 118 Å². The highest BCUT2D eigenvalue weighted by Crippen LogP contribution is 2.57. The van der Waals surface area contributed by atoms with E-state index in [4.69, 9.17) is 5.50 Å². The van der Waals surface area contributed by atoms with Gasteiger partial charge in [0.05, 0.1) is 21.8 Å². The molecule has 0 unspecified atom stereocenters. The second-order valence-electron chi connectivity index (χ2n) is 13.2. The van der Waals surface area contributed by atoms with Crippen molar-refractivity contribution in [2.75, 3.05) is 0 Å². The van der Waals surface area contributed by atoms with Crippen LogP contribution in [0.1, 0.15) is 112 Å². The fourth-order valence-electron chi connectivity index (χ4n) is 8.68. The Morgan fingerprint density at radius 3 is 1.25 bits per heavy atom. The van der Waals surface area contributed by atoms with Crippen molar-refractivity contribution in [2.45, 2.75) is 154 Å². The number of nitrogens with two attached hydrogens (primary N) is 1. The van der Waals surface area contributed by atoms with Gasteiger partial charge in [-0.15, -0.1) is 0 Å². The molecular formula is C36H63NPSi2+. The Labute approximate surface area is 251 Å². The molecule has 1 aliphatic carbocycles. The van der Waals surface area contributed by atoms with Gasteiger partial charge >= 0.3 is 0 Å². The molecule has 0 amide bonds. The molecule has 0 bridgehead atoms. The van der Waals surface area contributed by atoms with Crippen LogP contribution < -0.4 is 26.5 Å². The highest BCUT2D eigenvalue weighted by Gasteiger charge is 2.49. The van der Waals surface area contributed by atoms with Crippen molar-refractivity contribution in [1.29, 1.82) is 0 Å². The molecule has 1 fully saturated rings. The summed E-state index contributed by atoms with van der Waals surface area (Å²) in [5, 5.41) is 6.46. The topological polar surface area (TPSA) is 26.0 Å². The Balaban J connectivity index is 2.22. The maximum absolute atomic E-state index is 8.03. The SMILES string of the molecule is CCC[Si](CCC)(CCC)c1cccc([P+](N)(c2cccc([Si](CCC)(CCC)CCC)c2)C2CCCCC2)c1. The highest BCUT2D eigenvalue weighted by molar-refractivity contribution is 7.88. The van der Waals surface area contributed by atoms with E-state index in [1.54, 1.807) is 10.4 Å². The molecule has 0 aliphatic heterocycles. The summed E-state index contributed by atoms with van der Waals surface area (Å²) >= 11 is 0. The van der Waals surface area contributed by atoms with Gasteiger partial charge in [-0.1, -0.05) is 157 Å². The second-order valence-corrected chi connectivity index (χ2v) is 25.8. The van der Waals surface area contributed by atoms with Gasteiger partial charge in [0, 0.05) is 0 Å². The maximum Gasteiger partial charge on any atom is 0.145 e. The largest absolute Gasteiger partial charge is 0.195 e. The van der Waals surface area contributed by atoms with E-state index >= 15 is 0 Å². The van der Waals surface area contributed by atoms with Crippen molar-refractivity contribution in [3.05, 3.63) is 48.5 Å². The van der Waals surface area contributed by atoms with Crippen LogP contribution in [0.5, 0.6) is 0 Å². The third-order valence-electron chi connectivity index (χ3n) is 10.3. The van der Waals surface area contributed by atoms with Crippen molar-refractivity contribution in [2.24, 2.45) is 5.50 Å². The molecule has 4 heteroatoms. The molecule has 2 N–H and O–H groups in total. The lowest BCUT2D eigenvalue weighted by Gasteiger charge is -2.37. The third kappa shape index (κ3) is 7.42. The van der Waals surface area contributed by atoms with Gasteiger partial charge in [0.25, 0.3) is 0 Å². The van der Waals surface area contributed by atoms with Gasteiger partial charge in [-0.2, -0.15) is 5.50 Å². The quantitative estimate of drug-likeness (QED) is 0.143. The summed E-state index contributed by atoms with van der Waals surface area (Å²) in [5.41, 5.74) is 8.66. The molecule has 0 aromatic heterocycles. The highest BCUT2D eigenvalue weighted by atomic mass is 31.2. The molecule has 0 spiro atoms. The van der Waals surface area contributed by atoms with E-state index in [0.29, 0.717) is 5.66 Å². The van der Waals surface area contributed by atoms with Gasteiger partial charge in [0.15, 0.2) is 0 Å². The van der Waals surface area contributed by atoms with Crippen molar-refractivity contribution in [1.82, 2.24) is 0 Å². The zero-order valence-corrected chi connectivity index (χ0v) is 30.1. The van der Waals surface area contributed by atoms with E-state index in [2.05, 4.69) is 90.1 Å². The van der Waals surface area contributed by atoms with Crippen LogP contribution in [-0.2, 0) is 0 Å². The summed E-state index contributed by atoms with van der Waals surface area (Å²) in [7, 11) is -5.08. The Kier molecular flexibility index (Phi) is 13.7. The van der Waals surface area contributed by atoms with Gasteiger partial charge in [-0.05, 0) is 49.9 Å². The van der Waals surface area contributed by atoms with E-state index < -0.39 is 23.6 Å². The Hall–Kier alpha value is -0.736. The minimum Gasteiger partial charge on any atom is -0.195 e. The minimum atomic E-state index is -2.01. The minimum absolute atomic E-state index is 0.630. The summed E-state index contributed by atoms with van der Waals surface area (Å²) < 4.78 is 0. The first-order valence-electron chi connectivity index (χ1n) is 17.3. The van der Waals surface area contributed by atoms with Crippen LogP contribution in [0.15, 0.2) is 48.5 Å². The fraction of sp³-hybridized carbons (Fsp3) is 0.667. The summed E-state index contributed by atoms with van der Waals surface area (Å²) in [6.45, 7) is 14.4. The molecule has 224 valence electrons. The summed E-state index contributed by atoms with van der Waals surface area (Å²) in [5.74, 6) is 0. The number of hydrogen-bond donors (Lipinski definition) is 1. The van der Waals surface area contributed by atoms with Gasteiger partial charge < -0.3 is 0 Å². The first-order chi connectivity index (χ1) is 19.4. The molecule has 0 radical (unpaired) electrons. The van der Waals surface area contributed by atoms with E-state index in [-0.39, 0.29) is 0 Å². The average Bonchev–Trinajstić information content (AvgIpc) is 2.98. The molecule has 0 atom stereocenters. The lowest BCUT2D eigenvalue weighted by molar-refractivity contribution is 0.510. The number of benzene rings is 2. The third-order valence-corrected chi connectivity index (χ3v) is 26.0. The second kappa shape index (κ2) is 16.2. The van der Waals surface area contributed by atoms with Crippen molar-refractivity contribution in [3.63, 3.8) is 0 Å². The molecule has 1 saturated carbocycles. The monoisotopic (exact) mass is 596 g/mol. The number of hydrogen-bond acceptors (Lipinski definition) is 1. The lowest BCUT2D eigenvalue weighted by Crippen LogP contribution is -2.50. The summed E-state index contributed by atoms with van der Waals surface area (Å²) in [6.07, 6.45) is 14.6. The van der Waals surface area contributed by atoms with E-state index in [1.807, 2.05) is 0 Å². The summed E-state index contributed by atoms with van der Waals surface area (Å²) in [6, 6.07) is 28.7. The first-order valence-corrected chi connectivity index (χ1v) is 24.5. The standard InChI is InChI=1S/C36H63NPSi2/c1-7-24-39(25-8-2,26-9-3)35-22-16-20-33(30-35)38(37,32-18-14-13-15-19-32)34-21-17-23-36(31-34)40(27-10-4,28-11-5)29-12-6/h16-17,20-23,30-32H,7-15,18-19,24-29,37H2,1-6H3/q+1. The van der Waals surface area contributed by atoms with Crippen molar-refractivity contribution < 1.29 is 0 Å². The molecular weight excluding hydrogens is 534 g/mol. The zero-order chi connectivity index (χ0) is 29.1. The smallest absolute Gasteiger partial charge is 0.145 e. The van der Waals surface area contributed by atoms with Crippen LogP contribution in [-0.4, -0.2) is 21.8 Å². The van der Waals surface area contributed by atoms with Crippen LogP contribution in [0.4, 0.5) is 0 Å². The molecule has 0 saturated heterocycles. The van der Waals surface area contributed by atoms with Crippen LogP contribution in [0.3, 0.4) is 0 Å². The van der Waals surface area contributed by atoms with Crippen LogP contribution in [0, 0.1) is 0 Å². The molecule has 1 aliphatic rings. The lowest BCUT2D eigenvalue weighted by atomic mass is 10.0. The van der Waals surface area contributed by atoms with E-state index in [0.717, 1.165) is 0 Å². The fourth-order valence-corrected chi connectivity index (χ4v) is 23.4. The summed E-state index contributed by atoms with van der Waals surface area (Å²) in [4.78, 5) is 0. The Bertz CT molecular complexity index is 912. The predicted octanol–water partition coefficient (Wildman–Crippen LogP) is 9.63. The predicted molar refractivity (Wildman–Crippen MR) is 191 cm³/mol. The van der Waals surface area contributed by atoms with Crippen LogP contribution in [0.25, 0.3) is 0 Å². The van der Waals surface area contributed by atoms with Crippen molar-refractivity contribution >= 4 is 44.5 Å². The first kappa shape index (κ1) is 33.8. The van der Waals surface area contributed by atoms with Gasteiger partial charge in [-0.3, -0.25) is 0 Å².